The first-order valence-electron chi connectivity index (χ1n) is 10.6. The van der Waals surface area contributed by atoms with E-state index in [0.29, 0.717) is 30.5 Å². The molecule has 0 saturated heterocycles. The summed E-state index contributed by atoms with van der Waals surface area (Å²) in [6, 6.07) is 3.62. The molecule has 0 bridgehead atoms. The van der Waals surface area contributed by atoms with E-state index in [4.69, 9.17) is 9.73 Å². The van der Waals surface area contributed by atoms with E-state index in [1.165, 1.54) is 28.5 Å². The molecule has 0 aromatic carbocycles. The fourth-order valence-corrected chi connectivity index (χ4v) is 5.86. The zero-order valence-electron chi connectivity index (χ0n) is 18.2. The predicted octanol–water partition coefficient (Wildman–Crippen LogP) is 2.65. The summed E-state index contributed by atoms with van der Waals surface area (Å²) in [6.07, 6.45) is 3.33. The maximum atomic E-state index is 12.6. The van der Waals surface area contributed by atoms with Crippen LogP contribution in [0, 0.1) is 5.92 Å². The lowest BCUT2D eigenvalue weighted by molar-refractivity contribution is 0.115. The number of guanidine groups is 1. The van der Waals surface area contributed by atoms with Crippen molar-refractivity contribution in [3.63, 3.8) is 0 Å². The fraction of sp³-hybridized carbons (Fsp3) is 0.750. The smallest absolute Gasteiger partial charge is 0.252 e. The third kappa shape index (κ3) is 7.55. The van der Waals surface area contributed by atoms with Crippen molar-refractivity contribution in [3.05, 3.63) is 17.0 Å². The van der Waals surface area contributed by atoms with Gasteiger partial charge in [-0.15, -0.1) is 11.3 Å². The number of ether oxygens (including phenoxy) is 1. The number of hydrogen-bond acceptors (Lipinski definition) is 5. The first kappa shape index (κ1) is 24.1. The van der Waals surface area contributed by atoms with E-state index >= 15 is 0 Å². The van der Waals surface area contributed by atoms with Crippen LogP contribution in [0.4, 0.5) is 0 Å². The summed E-state index contributed by atoms with van der Waals surface area (Å²) >= 11 is 1.34. The minimum Gasteiger partial charge on any atom is -0.379 e. The molecule has 2 rings (SSSR count). The summed E-state index contributed by atoms with van der Waals surface area (Å²) in [5, 5.41) is 3.31. The first-order valence-corrected chi connectivity index (χ1v) is 12.8. The highest BCUT2D eigenvalue weighted by Gasteiger charge is 2.23. The van der Waals surface area contributed by atoms with Gasteiger partial charge < -0.3 is 15.0 Å². The quantitative estimate of drug-likeness (QED) is 0.288. The Labute approximate surface area is 180 Å². The van der Waals surface area contributed by atoms with Gasteiger partial charge in [-0.2, -0.15) is 4.31 Å². The summed E-state index contributed by atoms with van der Waals surface area (Å²) in [4.78, 5) is 7.81. The minimum atomic E-state index is -3.38. The van der Waals surface area contributed by atoms with Gasteiger partial charge in [0.1, 0.15) is 4.21 Å². The highest BCUT2D eigenvalue weighted by atomic mass is 32.2. The average molecular weight is 445 g/mol. The second-order valence-corrected chi connectivity index (χ2v) is 10.6. The molecule has 1 N–H and O–H groups in total. The van der Waals surface area contributed by atoms with Crippen LogP contribution in [-0.4, -0.2) is 76.6 Å². The number of nitrogens with one attached hydrogen (secondary N) is 1. The summed E-state index contributed by atoms with van der Waals surface area (Å²) in [5.41, 5.74) is 0. The lowest BCUT2D eigenvalue weighted by atomic mass is 10.3. The maximum absolute atomic E-state index is 12.6. The molecule has 1 aliphatic rings. The van der Waals surface area contributed by atoms with Crippen molar-refractivity contribution < 1.29 is 13.2 Å². The second-order valence-electron chi connectivity index (χ2n) is 7.24. The first-order chi connectivity index (χ1) is 13.9. The van der Waals surface area contributed by atoms with Crippen molar-refractivity contribution in [2.75, 3.05) is 53.0 Å². The molecule has 1 saturated carbocycles. The summed E-state index contributed by atoms with van der Waals surface area (Å²) < 4.78 is 32.9. The Kier molecular flexibility index (Phi) is 9.88. The number of thiophene rings is 1. The Morgan fingerprint density at radius 3 is 2.62 bits per heavy atom. The van der Waals surface area contributed by atoms with E-state index in [1.54, 1.807) is 6.07 Å². The summed E-state index contributed by atoms with van der Waals surface area (Å²) in [5.74, 6) is 1.64. The summed E-state index contributed by atoms with van der Waals surface area (Å²) in [7, 11) is -1.36. The lowest BCUT2D eigenvalue weighted by Crippen LogP contribution is -2.40. The molecule has 0 aliphatic heterocycles. The van der Waals surface area contributed by atoms with Gasteiger partial charge in [-0.1, -0.05) is 13.8 Å². The maximum Gasteiger partial charge on any atom is 0.252 e. The molecule has 1 aliphatic carbocycles. The predicted molar refractivity (Wildman–Crippen MR) is 120 cm³/mol. The van der Waals surface area contributed by atoms with Crippen molar-refractivity contribution in [1.29, 1.82) is 0 Å². The molecule has 1 aromatic heterocycles. The molecule has 0 spiro atoms. The van der Waals surface area contributed by atoms with Crippen LogP contribution in [-0.2, 0) is 21.2 Å². The highest BCUT2D eigenvalue weighted by Crippen LogP contribution is 2.28. The van der Waals surface area contributed by atoms with Crippen LogP contribution in [0.3, 0.4) is 0 Å². The Hall–Kier alpha value is -1.16. The van der Waals surface area contributed by atoms with Gasteiger partial charge in [0.25, 0.3) is 10.0 Å². The molecule has 0 amide bonds. The SMILES string of the molecule is CCNC(=NCCc1ccc(S(=O)(=O)N(CC)CC)s1)N(C)CCOCC1CC1. The van der Waals surface area contributed by atoms with Crippen LogP contribution in [0.25, 0.3) is 0 Å². The monoisotopic (exact) mass is 444 g/mol. The number of sulfonamides is 1. The molecular weight excluding hydrogens is 408 g/mol. The van der Waals surface area contributed by atoms with E-state index in [1.807, 2.05) is 27.0 Å². The van der Waals surface area contributed by atoms with Crippen molar-refractivity contribution in [2.24, 2.45) is 10.9 Å². The molecular formula is C20H36N4O3S2. The Morgan fingerprint density at radius 2 is 2.00 bits per heavy atom. The van der Waals surface area contributed by atoms with Crippen LogP contribution < -0.4 is 5.32 Å². The van der Waals surface area contributed by atoms with Gasteiger partial charge in [0, 0.05) is 57.7 Å². The van der Waals surface area contributed by atoms with Gasteiger partial charge >= 0.3 is 0 Å². The van der Waals surface area contributed by atoms with Crippen LogP contribution >= 0.6 is 11.3 Å². The number of aliphatic imine (C=N–C) groups is 1. The van der Waals surface area contributed by atoms with Gasteiger partial charge in [-0.05, 0) is 37.8 Å². The fourth-order valence-electron chi connectivity index (χ4n) is 2.91. The van der Waals surface area contributed by atoms with Crippen molar-refractivity contribution >= 4 is 27.3 Å². The lowest BCUT2D eigenvalue weighted by Gasteiger charge is -2.22. The number of nitrogens with zero attached hydrogens (tertiary/aromatic N) is 3. The van der Waals surface area contributed by atoms with Crippen molar-refractivity contribution in [1.82, 2.24) is 14.5 Å². The number of likely N-dealkylation sites (N-methyl/N-ethyl adjacent to an activating group) is 1. The highest BCUT2D eigenvalue weighted by molar-refractivity contribution is 7.91. The normalized spacial score (nSPS) is 15.1. The van der Waals surface area contributed by atoms with Gasteiger partial charge in [-0.3, -0.25) is 4.99 Å². The molecule has 0 unspecified atom stereocenters. The molecule has 29 heavy (non-hydrogen) atoms. The Balaban J connectivity index is 1.87. The molecule has 1 heterocycles. The minimum absolute atomic E-state index is 0.414. The molecule has 1 fully saturated rings. The standard InChI is InChI=1S/C20H36N4O3S2/c1-5-21-20(23(4)14-15-27-16-17-8-9-17)22-13-12-18-10-11-19(28-18)29(25,26)24(6-2)7-3/h10-11,17H,5-9,12-16H2,1-4H3,(H,21,22). The van der Waals surface area contributed by atoms with Gasteiger partial charge in [0.2, 0.25) is 0 Å². The van der Waals surface area contributed by atoms with E-state index in [-0.39, 0.29) is 0 Å². The van der Waals surface area contributed by atoms with E-state index in [9.17, 15) is 8.42 Å². The van der Waals surface area contributed by atoms with E-state index in [2.05, 4.69) is 17.1 Å². The van der Waals surface area contributed by atoms with Gasteiger partial charge in [0.05, 0.1) is 6.61 Å². The molecule has 0 radical (unpaired) electrons. The van der Waals surface area contributed by atoms with Crippen LogP contribution in [0.15, 0.2) is 21.3 Å². The van der Waals surface area contributed by atoms with Crippen molar-refractivity contribution in [2.45, 2.75) is 44.2 Å². The molecule has 1 aromatic rings. The van der Waals surface area contributed by atoms with Crippen molar-refractivity contribution in [3.8, 4) is 0 Å². The van der Waals surface area contributed by atoms with Crippen LogP contribution in [0.5, 0.6) is 0 Å². The van der Waals surface area contributed by atoms with Crippen LogP contribution in [0.1, 0.15) is 38.5 Å². The molecule has 7 nitrogen and oxygen atoms in total. The average Bonchev–Trinajstić information content (AvgIpc) is 3.39. The molecule has 166 valence electrons. The topological polar surface area (TPSA) is 74.2 Å². The van der Waals surface area contributed by atoms with Gasteiger partial charge in [0.15, 0.2) is 5.96 Å². The number of hydrogen-bond donors (Lipinski definition) is 1. The third-order valence-corrected chi connectivity index (χ3v) is 8.54. The molecule has 9 heteroatoms. The van der Waals surface area contributed by atoms with E-state index in [0.717, 1.165) is 42.9 Å². The van der Waals surface area contributed by atoms with Gasteiger partial charge in [-0.25, -0.2) is 8.42 Å². The molecule has 0 atom stereocenters. The van der Waals surface area contributed by atoms with Crippen LogP contribution in [0.2, 0.25) is 0 Å². The van der Waals surface area contributed by atoms with E-state index < -0.39 is 10.0 Å². The second kappa shape index (κ2) is 11.9. The third-order valence-electron chi connectivity index (χ3n) is 4.87. The zero-order valence-corrected chi connectivity index (χ0v) is 19.8. The largest absolute Gasteiger partial charge is 0.379 e. The zero-order chi connectivity index (χ0) is 21.3. The Morgan fingerprint density at radius 1 is 1.28 bits per heavy atom. The Bertz CT molecular complexity index is 741. The number of rotatable bonds is 13. The summed E-state index contributed by atoms with van der Waals surface area (Å²) in [6.45, 7) is 10.5.